The number of aliphatic carboxylic acids is 1. The Morgan fingerprint density at radius 2 is 2.03 bits per heavy atom. The molecular formula is C18H19ClF3N5O3. The van der Waals surface area contributed by atoms with Gasteiger partial charge in [-0.25, -0.2) is 9.78 Å². The molecule has 2 unspecified atom stereocenters. The zero-order chi connectivity index (χ0) is 22.2. The van der Waals surface area contributed by atoms with Crippen LogP contribution in [0.15, 0.2) is 22.6 Å². The van der Waals surface area contributed by atoms with Gasteiger partial charge in [-0.3, -0.25) is 0 Å². The summed E-state index contributed by atoms with van der Waals surface area (Å²) in [6, 6.07) is 6.17. The van der Waals surface area contributed by atoms with Crippen LogP contribution in [-0.2, 0) is 4.79 Å². The first-order valence-corrected chi connectivity index (χ1v) is 9.30. The Labute approximate surface area is 173 Å². The Hall–Kier alpha value is -2.79. The molecule has 162 valence electrons. The van der Waals surface area contributed by atoms with Gasteiger partial charge in [-0.1, -0.05) is 11.6 Å². The standard InChI is InChI=1S/C16H18ClN5O.C2HF3O2/c1-8-7-22(9(2)6-19-8)15-14-13(20-16(18)21-15)11-5-10(17)3-4-12(11)23-14;3-2(4,5)1(6)7/h3-5,8-9,19H,6-7H2,1-2H3,(H2,18,20,21);(H,6,7). The average Bonchev–Trinajstić information content (AvgIpc) is 3.00. The third-order valence-corrected chi connectivity index (χ3v) is 4.79. The van der Waals surface area contributed by atoms with Gasteiger partial charge in [-0.05, 0) is 32.0 Å². The molecule has 30 heavy (non-hydrogen) atoms. The fraction of sp³-hybridized carbons (Fsp3) is 0.389. The summed E-state index contributed by atoms with van der Waals surface area (Å²) in [5.74, 6) is -1.76. The summed E-state index contributed by atoms with van der Waals surface area (Å²) < 4.78 is 37.8. The number of hydrogen-bond donors (Lipinski definition) is 3. The van der Waals surface area contributed by atoms with E-state index >= 15 is 0 Å². The van der Waals surface area contributed by atoms with Crippen LogP contribution in [0.2, 0.25) is 5.02 Å². The van der Waals surface area contributed by atoms with Crippen molar-refractivity contribution in [3.63, 3.8) is 0 Å². The maximum Gasteiger partial charge on any atom is 0.490 e. The van der Waals surface area contributed by atoms with E-state index in [9.17, 15) is 13.2 Å². The molecule has 1 aliphatic rings. The molecule has 0 spiro atoms. The van der Waals surface area contributed by atoms with Gasteiger partial charge in [-0.2, -0.15) is 18.2 Å². The molecular weight excluding hydrogens is 427 g/mol. The SMILES string of the molecule is CC1CN(c2nc(N)nc3c2oc2ccc(Cl)cc23)C(C)CN1.O=C(O)C(F)(F)F. The zero-order valence-electron chi connectivity index (χ0n) is 16.0. The summed E-state index contributed by atoms with van der Waals surface area (Å²) in [6.45, 7) is 6.03. The predicted octanol–water partition coefficient (Wildman–Crippen LogP) is 3.43. The lowest BCUT2D eigenvalue weighted by Crippen LogP contribution is -2.54. The maximum atomic E-state index is 10.6. The number of rotatable bonds is 1. The van der Waals surface area contributed by atoms with Gasteiger partial charge in [-0.15, -0.1) is 0 Å². The molecule has 2 atom stereocenters. The van der Waals surface area contributed by atoms with Crippen LogP contribution in [-0.4, -0.2) is 52.4 Å². The fourth-order valence-electron chi connectivity index (χ4n) is 3.13. The Morgan fingerprint density at radius 3 is 2.67 bits per heavy atom. The van der Waals surface area contributed by atoms with E-state index in [1.54, 1.807) is 6.07 Å². The first-order chi connectivity index (χ1) is 14.0. The first kappa shape index (κ1) is 21.9. The maximum absolute atomic E-state index is 10.6. The van der Waals surface area contributed by atoms with E-state index in [4.69, 9.17) is 31.7 Å². The number of carboxylic acid groups (broad SMARTS) is 1. The predicted molar refractivity (Wildman–Crippen MR) is 107 cm³/mol. The number of carboxylic acids is 1. The Kier molecular flexibility index (Phi) is 5.95. The highest BCUT2D eigenvalue weighted by molar-refractivity contribution is 6.31. The van der Waals surface area contributed by atoms with Gasteiger partial charge in [0.05, 0.1) is 0 Å². The molecule has 0 radical (unpaired) electrons. The number of piperazine rings is 1. The number of nitrogen functional groups attached to an aromatic ring is 1. The number of furan rings is 1. The van der Waals surface area contributed by atoms with Crippen molar-refractivity contribution in [1.29, 1.82) is 0 Å². The Balaban J connectivity index is 0.000000318. The van der Waals surface area contributed by atoms with Crippen LogP contribution in [0.5, 0.6) is 0 Å². The zero-order valence-corrected chi connectivity index (χ0v) is 16.8. The van der Waals surface area contributed by atoms with Crippen LogP contribution in [0.3, 0.4) is 0 Å². The summed E-state index contributed by atoms with van der Waals surface area (Å²) in [5, 5.41) is 12.1. The van der Waals surface area contributed by atoms with Crippen molar-refractivity contribution >= 4 is 51.4 Å². The number of hydrogen-bond acceptors (Lipinski definition) is 7. The highest BCUT2D eigenvalue weighted by Crippen LogP contribution is 2.35. The second kappa shape index (κ2) is 8.15. The molecule has 4 rings (SSSR count). The third kappa shape index (κ3) is 4.51. The Bertz CT molecular complexity index is 1090. The molecule has 2 aromatic heterocycles. The van der Waals surface area contributed by atoms with E-state index in [1.807, 2.05) is 12.1 Å². The molecule has 8 nitrogen and oxygen atoms in total. The topological polar surface area (TPSA) is 118 Å². The van der Waals surface area contributed by atoms with Crippen molar-refractivity contribution in [1.82, 2.24) is 15.3 Å². The van der Waals surface area contributed by atoms with Crippen molar-refractivity contribution in [2.45, 2.75) is 32.1 Å². The lowest BCUT2D eigenvalue weighted by Gasteiger charge is -2.38. The van der Waals surface area contributed by atoms with Crippen molar-refractivity contribution in [3.05, 3.63) is 23.2 Å². The molecule has 3 aromatic rings. The van der Waals surface area contributed by atoms with Crippen molar-refractivity contribution in [2.75, 3.05) is 23.7 Å². The number of aromatic nitrogens is 2. The fourth-order valence-corrected chi connectivity index (χ4v) is 3.30. The number of fused-ring (bicyclic) bond motifs is 3. The molecule has 0 aliphatic carbocycles. The molecule has 4 N–H and O–H groups in total. The number of nitrogens with one attached hydrogen (secondary N) is 1. The van der Waals surface area contributed by atoms with Crippen LogP contribution in [0.1, 0.15) is 13.8 Å². The lowest BCUT2D eigenvalue weighted by atomic mass is 10.1. The number of alkyl halides is 3. The number of anilines is 2. The van der Waals surface area contributed by atoms with Crippen LogP contribution < -0.4 is 16.0 Å². The van der Waals surface area contributed by atoms with E-state index < -0.39 is 12.1 Å². The van der Waals surface area contributed by atoms with E-state index in [0.29, 0.717) is 28.2 Å². The quantitative estimate of drug-likeness (QED) is 0.521. The molecule has 1 fully saturated rings. The lowest BCUT2D eigenvalue weighted by molar-refractivity contribution is -0.192. The number of nitrogens with two attached hydrogens (primary N) is 1. The van der Waals surface area contributed by atoms with Crippen LogP contribution in [0.4, 0.5) is 24.9 Å². The molecule has 0 saturated carbocycles. The first-order valence-electron chi connectivity index (χ1n) is 8.92. The summed E-state index contributed by atoms with van der Waals surface area (Å²) in [6.07, 6.45) is -5.08. The Morgan fingerprint density at radius 1 is 1.37 bits per heavy atom. The molecule has 1 aliphatic heterocycles. The monoisotopic (exact) mass is 445 g/mol. The van der Waals surface area contributed by atoms with Crippen molar-refractivity contribution in [2.24, 2.45) is 0 Å². The van der Waals surface area contributed by atoms with E-state index in [2.05, 4.69) is 34.0 Å². The van der Waals surface area contributed by atoms with Gasteiger partial charge in [0.25, 0.3) is 0 Å². The average molecular weight is 446 g/mol. The molecule has 3 heterocycles. The summed E-state index contributed by atoms with van der Waals surface area (Å²) in [7, 11) is 0. The van der Waals surface area contributed by atoms with Gasteiger partial charge in [0.15, 0.2) is 11.4 Å². The minimum atomic E-state index is -5.08. The summed E-state index contributed by atoms with van der Waals surface area (Å²) >= 11 is 6.11. The van der Waals surface area contributed by atoms with E-state index in [-0.39, 0.29) is 5.95 Å². The number of halogens is 4. The van der Waals surface area contributed by atoms with Gasteiger partial charge >= 0.3 is 12.1 Å². The molecule has 0 bridgehead atoms. The number of carbonyl (C=O) groups is 1. The normalized spacial score (nSPS) is 19.6. The number of benzene rings is 1. The van der Waals surface area contributed by atoms with Crippen molar-refractivity contribution in [3.8, 4) is 0 Å². The second-order valence-electron chi connectivity index (χ2n) is 6.94. The van der Waals surface area contributed by atoms with Crippen LogP contribution >= 0.6 is 11.6 Å². The van der Waals surface area contributed by atoms with E-state index in [1.165, 1.54) is 0 Å². The van der Waals surface area contributed by atoms with Gasteiger partial charge in [0.2, 0.25) is 5.95 Å². The molecule has 12 heteroatoms. The van der Waals surface area contributed by atoms with Gasteiger partial charge < -0.3 is 25.5 Å². The minimum Gasteiger partial charge on any atom is -0.475 e. The smallest absolute Gasteiger partial charge is 0.475 e. The van der Waals surface area contributed by atoms with Gasteiger partial charge in [0.1, 0.15) is 11.1 Å². The second-order valence-corrected chi connectivity index (χ2v) is 7.38. The molecule has 1 saturated heterocycles. The largest absolute Gasteiger partial charge is 0.490 e. The van der Waals surface area contributed by atoms with Gasteiger partial charge in [0, 0.05) is 35.6 Å². The molecule has 1 aromatic carbocycles. The summed E-state index contributed by atoms with van der Waals surface area (Å²) in [4.78, 5) is 20.0. The van der Waals surface area contributed by atoms with Crippen LogP contribution in [0, 0.1) is 0 Å². The number of nitrogens with zero attached hydrogens (tertiary/aromatic N) is 3. The summed E-state index contributed by atoms with van der Waals surface area (Å²) in [5.41, 5.74) is 8.07. The highest BCUT2D eigenvalue weighted by atomic mass is 35.5. The van der Waals surface area contributed by atoms with Crippen LogP contribution in [0.25, 0.3) is 22.1 Å². The third-order valence-electron chi connectivity index (χ3n) is 4.55. The highest BCUT2D eigenvalue weighted by Gasteiger charge is 2.38. The van der Waals surface area contributed by atoms with Crippen molar-refractivity contribution < 1.29 is 27.5 Å². The van der Waals surface area contributed by atoms with E-state index in [0.717, 1.165) is 29.9 Å². The molecule has 0 amide bonds. The minimum absolute atomic E-state index is 0.244.